The Bertz CT molecular complexity index is 658. The summed E-state index contributed by atoms with van der Waals surface area (Å²) in [6.45, 7) is 2.36. The Labute approximate surface area is 131 Å². The molecule has 2 atom stereocenters. The lowest BCUT2D eigenvalue weighted by molar-refractivity contribution is 0.0929. The molecule has 1 aliphatic carbocycles. The Morgan fingerprint density at radius 2 is 2.09 bits per heavy atom. The van der Waals surface area contributed by atoms with Crippen LogP contribution in [-0.2, 0) is 10.0 Å². The summed E-state index contributed by atoms with van der Waals surface area (Å²) >= 11 is 0. The number of amides is 1. The molecule has 1 aromatic rings. The first-order chi connectivity index (χ1) is 10.3. The number of rotatable bonds is 5. The normalized spacial score (nSPS) is 21.6. The molecule has 2 unspecified atom stereocenters. The average molecular weight is 325 g/mol. The first kappa shape index (κ1) is 16.8. The molecule has 0 bridgehead atoms. The van der Waals surface area contributed by atoms with Crippen LogP contribution in [0.15, 0.2) is 18.2 Å². The summed E-state index contributed by atoms with van der Waals surface area (Å²) in [7, 11) is -3.38. The summed E-state index contributed by atoms with van der Waals surface area (Å²) in [5.41, 5.74) is 7.36. The molecular formula is C15H23N3O3S. The van der Waals surface area contributed by atoms with Gasteiger partial charge in [-0.1, -0.05) is 12.5 Å². The van der Waals surface area contributed by atoms with Gasteiger partial charge in [0.05, 0.1) is 11.9 Å². The summed E-state index contributed by atoms with van der Waals surface area (Å²) in [6.07, 6.45) is 4.13. The number of aryl methyl sites for hydroxylation is 1. The Balaban J connectivity index is 2.14. The van der Waals surface area contributed by atoms with Crippen molar-refractivity contribution in [2.75, 3.05) is 17.5 Å². The molecule has 6 nitrogen and oxygen atoms in total. The van der Waals surface area contributed by atoms with E-state index in [0.717, 1.165) is 31.1 Å². The number of hydrogen-bond acceptors (Lipinski definition) is 4. The second kappa shape index (κ2) is 6.66. The molecule has 1 fully saturated rings. The van der Waals surface area contributed by atoms with Gasteiger partial charge < -0.3 is 11.1 Å². The van der Waals surface area contributed by atoms with Crippen LogP contribution in [0.2, 0.25) is 0 Å². The third-order valence-electron chi connectivity index (χ3n) is 4.07. The molecule has 1 aliphatic rings. The summed E-state index contributed by atoms with van der Waals surface area (Å²) in [5.74, 6) is 0.130. The van der Waals surface area contributed by atoms with Gasteiger partial charge in [-0.15, -0.1) is 0 Å². The van der Waals surface area contributed by atoms with Crippen LogP contribution in [0.3, 0.4) is 0 Å². The molecule has 1 saturated carbocycles. The van der Waals surface area contributed by atoms with E-state index in [1.165, 1.54) is 0 Å². The van der Waals surface area contributed by atoms with Crippen LogP contribution >= 0.6 is 0 Å². The zero-order valence-electron chi connectivity index (χ0n) is 12.9. The van der Waals surface area contributed by atoms with Gasteiger partial charge in [-0.2, -0.15) is 0 Å². The maximum absolute atomic E-state index is 12.4. The van der Waals surface area contributed by atoms with Crippen LogP contribution in [0.25, 0.3) is 0 Å². The van der Waals surface area contributed by atoms with Crippen molar-refractivity contribution in [3.05, 3.63) is 29.3 Å². The molecule has 1 amide bonds. The van der Waals surface area contributed by atoms with Gasteiger partial charge in [-0.3, -0.25) is 9.52 Å². The maximum atomic E-state index is 12.4. The number of benzene rings is 1. The highest BCUT2D eigenvalue weighted by molar-refractivity contribution is 7.92. The van der Waals surface area contributed by atoms with Crippen molar-refractivity contribution in [1.82, 2.24) is 5.32 Å². The first-order valence-electron chi connectivity index (χ1n) is 7.39. The molecule has 0 radical (unpaired) electrons. The molecule has 7 heteroatoms. The lowest BCUT2D eigenvalue weighted by Crippen LogP contribution is -2.39. The largest absolute Gasteiger partial charge is 0.349 e. The zero-order valence-corrected chi connectivity index (χ0v) is 13.7. The zero-order chi connectivity index (χ0) is 16.3. The van der Waals surface area contributed by atoms with Crippen molar-refractivity contribution in [2.45, 2.75) is 32.2 Å². The molecule has 122 valence electrons. The quantitative estimate of drug-likeness (QED) is 0.757. The standard InChI is InChI=1S/C15H23N3O3S/c1-10-6-7-11(8-14(10)18-22(2,20)21)15(19)17-13-5-3-4-12(13)9-16/h6-8,12-13,18H,3-5,9,16H2,1-2H3,(H,17,19). The minimum Gasteiger partial charge on any atom is -0.349 e. The van der Waals surface area contributed by atoms with Crippen molar-refractivity contribution in [1.29, 1.82) is 0 Å². The van der Waals surface area contributed by atoms with Crippen molar-refractivity contribution in [3.63, 3.8) is 0 Å². The van der Waals surface area contributed by atoms with Crippen molar-refractivity contribution in [3.8, 4) is 0 Å². The SMILES string of the molecule is Cc1ccc(C(=O)NC2CCCC2CN)cc1NS(C)(=O)=O. The number of carbonyl (C=O) groups excluding carboxylic acids is 1. The van der Waals surface area contributed by atoms with Crippen LogP contribution in [0.5, 0.6) is 0 Å². The third kappa shape index (κ3) is 4.20. The Morgan fingerprint density at radius 3 is 2.73 bits per heavy atom. The van der Waals surface area contributed by atoms with E-state index in [1.54, 1.807) is 25.1 Å². The monoisotopic (exact) mass is 325 g/mol. The van der Waals surface area contributed by atoms with Crippen molar-refractivity contribution >= 4 is 21.6 Å². The molecule has 1 aromatic carbocycles. The lowest BCUT2D eigenvalue weighted by atomic mass is 10.0. The molecule has 22 heavy (non-hydrogen) atoms. The molecule has 0 aliphatic heterocycles. The van der Waals surface area contributed by atoms with Crippen molar-refractivity contribution in [2.24, 2.45) is 11.7 Å². The highest BCUT2D eigenvalue weighted by atomic mass is 32.2. The van der Waals surface area contributed by atoms with E-state index in [9.17, 15) is 13.2 Å². The van der Waals surface area contributed by atoms with Gasteiger partial charge in [0.2, 0.25) is 10.0 Å². The fourth-order valence-corrected chi connectivity index (χ4v) is 3.45. The fraction of sp³-hybridized carbons (Fsp3) is 0.533. The van der Waals surface area contributed by atoms with Gasteiger partial charge in [0.1, 0.15) is 0 Å². The van der Waals surface area contributed by atoms with Gasteiger partial charge in [0.25, 0.3) is 5.91 Å². The van der Waals surface area contributed by atoms with Crippen LogP contribution < -0.4 is 15.8 Å². The van der Waals surface area contributed by atoms with Gasteiger partial charge in [0, 0.05) is 11.6 Å². The van der Waals surface area contributed by atoms with Gasteiger partial charge >= 0.3 is 0 Å². The lowest BCUT2D eigenvalue weighted by Gasteiger charge is -2.20. The highest BCUT2D eigenvalue weighted by Crippen LogP contribution is 2.25. The summed E-state index contributed by atoms with van der Waals surface area (Å²) < 4.78 is 25.2. The number of nitrogens with one attached hydrogen (secondary N) is 2. The summed E-state index contributed by atoms with van der Waals surface area (Å²) in [5, 5.41) is 3.01. The van der Waals surface area contributed by atoms with E-state index in [4.69, 9.17) is 5.73 Å². The molecular weight excluding hydrogens is 302 g/mol. The van der Waals surface area contributed by atoms with Crippen LogP contribution in [0.1, 0.15) is 35.2 Å². The Hall–Kier alpha value is -1.60. The third-order valence-corrected chi connectivity index (χ3v) is 4.66. The molecule has 0 heterocycles. The van der Waals surface area contributed by atoms with Crippen molar-refractivity contribution < 1.29 is 13.2 Å². The topological polar surface area (TPSA) is 101 Å². The molecule has 0 spiro atoms. The predicted octanol–water partition coefficient (Wildman–Crippen LogP) is 1.22. The van der Waals surface area contributed by atoms with Gasteiger partial charge in [-0.25, -0.2) is 8.42 Å². The van der Waals surface area contributed by atoms with E-state index >= 15 is 0 Å². The second-order valence-electron chi connectivity index (χ2n) is 5.91. The number of hydrogen-bond donors (Lipinski definition) is 3. The van der Waals surface area contributed by atoms with E-state index in [0.29, 0.717) is 23.7 Å². The van der Waals surface area contributed by atoms with Gasteiger partial charge in [-0.05, 0) is 49.9 Å². The number of sulfonamides is 1. The molecule has 0 saturated heterocycles. The number of anilines is 1. The molecule has 2 rings (SSSR count). The highest BCUT2D eigenvalue weighted by Gasteiger charge is 2.27. The second-order valence-corrected chi connectivity index (χ2v) is 7.66. The molecule has 4 N–H and O–H groups in total. The first-order valence-corrected chi connectivity index (χ1v) is 9.28. The minimum atomic E-state index is -3.38. The predicted molar refractivity (Wildman–Crippen MR) is 87.3 cm³/mol. The Kier molecular flexibility index (Phi) is 5.08. The number of nitrogens with two attached hydrogens (primary N) is 1. The van der Waals surface area contributed by atoms with Crippen LogP contribution in [-0.4, -0.2) is 33.2 Å². The van der Waals surface area contributed by atoms with E-state index in [1.807, 2.05) is 0 Å². The minimum absolute atomic E-state index is 0.102. The van der Waals surface area contributed by atoms with E-state index < -0.39 is 10.0 Å². The fourth-order valence-electron chi connectivity index (χ4n) is 2.83. The summed E-state index contributed by atoms with van der Waals surface area (Å²) in [6, 6.07) is 5.10. The van der Waals surface area contributed by atoms with E-state index in [-0.39, 0.29) is 11.9 Å². The van der Waals surface area contributed by atoms with Gasteiger partial charge in [0.15, 0.2) is 0 Å². The maximum Gasteiger partial charge on any atom is 0.251 e. The Morgan fingerprint density at radius 1 is 1.36 bits per heavy atom. The summed E-state index contributed by atoms with van der Waals surface area (Å²) in [4.78, 5) is 12.4. The smallest absolute Gasteiger partial charge is 0.251 e. The van der Waals surface area contributed by atoms with E-state index in [2.05, 4.69) is 10.0 Å². The average Bonchev–Trinajstić information content (AvgIpc) is 2.86. The molecule has 0 aromatic heterocycles. The van der Waals surface area contributed by atoms with Crippen LogP contribution in [0.4, 0.5) is 5.69 Å². The van der Waals surface area contributed by atoms with Crippen LogP contribution in [0, 0.1) is 12.8 Å². The number of carbonyl (C=O) groups is 1.